The first-order valence-electron chi connectivity index (χ1n) is 8.27. The first-order valence-corrected chi connectivity index (χ1v) is 8.65. The Kier molecular flexibility index (Phi) is 6.57. The van der Waals surface area contributed by atoms with Gasteiger partial charge in [0.2, 0.25) is 5.91 Å². The highest BCUT2D eigenvalue weighted by Crippen LogP contribution is 2.24. The monoisotopic (exact) mass is 391 g/mol. The predicted octanol–water partition coefficient (Wildman–Crippen LogP) is 3.73. The second-order valence-corrected chi connectivity index (χ2v) is 7.20. The number of hydrogen-bond acceptors (Lipinski definition) is 6. The molecule has 1 unspecified atom stereocenters. The van der Waals surface area contributed by atoms with E-state index in [0.717, 1.165) is 0 Å². The van der Waals surface area contributed by atoms with Gasteiger partial charge < -0.3 is 20.7 Å². The van der Waals surface area contributed by atoms with E-state index in [4.69, 9.17) is 16.3 Å². The van der Waals surface area contributed by atoms with Gasteiger partial charge in [0.05, 0.1) is 22.6 Å². The molecule has 2 amide bonds. The van der Waals surface area contributed by atoms with Gasteiger partial charge in [0.25, 0.3) is 0 Å². The molecule has 0 bridgehead atoms. The highest BCUT2D eigenvalue weighted by atomic mass is 35.5. The number of carbonyl (C=O) groups excluding carboxylic acids is 2. The number of hydrogen-bond donors (Lipinski definition) is 3. The Morgan fingerprint density at radius 1 is 1.15 bits per heavy atom. The lowest BCUT2D eigenvalue weighted by Gasteiger charge is -2.22. The summed E-state index contributed by atoms with van der Waals surface area (Å²) in [6.45, 7) is 6.80. The van der Waals surface area contributed by atoms with Crippen molar-refractivity contribution in [1.82, 2.24) is 15.3 Å². The van der Waals surface area contributed by atoms with Crippen LogP contribution in [0.1, 0.15) is 27.7 Å². The molecule has 0 aromatic carbocycles. The van der Waals surface area contributed by atoms with Crippen LogP contribution < -0.4 is 16.0 Å². The third kappa shape index (κ3) is 6.74. The van der Waals surface area contributed by atoms with Gasteiger partial charge in [0.1, 0.15) is 17.5 Å². The average Bonchev–Trinajstić information content (AvgIpc) is 2.56. The topological polar surface area (TPSA) is 105 Å². The number of alkyl carbamates (subject to hydrolysis) is 1. The first kappa shape index (κ1) is 20.4. The van der Waals surface area contributed by atoms with Gasteiger partial charge in [0, 0.05) is 12.4 Å². The fraction of sp³-hybridized carbons (Fsp3) is 0.333. The van der Waals surface area contributed by atoms with E-state index in [2.05, 4.69) is 25.9 Å². The van der Waals surface area contributed by atoms with Crippen molar-refractivity contribution in [1.29, 1.82) is 0 Å². The molecule has 0 saturated heterocycles. The molecule has 0 spiro atoms. The number of nitrogens with zero attached hydrogens (tertiary/aromatic N) is 2. The zero-order valence-corrected chi connectivity index (χ0v) is 16.3. The summed E-state index contributed by atoms with van der Waals surface area (Å²) >= 11 is 5.83. The molecule has 144 valence electrons. The van der Waals surface area contributed by atoms with Crippen LogP contribution in [0.3, 0.4) is 0 Å². The van der Waals surface area contributed by atoms with Crippen LogP contribution in [-0.2, 0) is 9.53 Å². The summed E-state index contributed by atoms with van der Waals surface area (Å²) in [6, 6.07) is 4.30. The van der Waals surface area contributed by atoms with E-state index in [-0.39, 0.29) is 0 Å². The Labute approximate surface area is 162 Å². The van der Waals surface area contributed by atoms with E-state index >= 15 is 0 Å². The van der Waals surface area contributed by atoms with Crippen LogP contribution in [0.25, 0.3) is 0 Å². The highest BCUT2D eigenvalue weighted by molar-refractivity contribution is 6.30. The Balaban J connectivity index is 2.03. The van der Waals surface area contributed by atoms with Crippen LogP contribution in [0.2, 0.25) is 5.02 Å². The lowest BCUT2D eigenvalue weighted by molar-refractivity contribution is -0.117. The van der Waals surface area contributed by atoms with Gasteiger partial charge in [-0.15, -0.1) is 0 Å². The number of nitrogens with one attached hydrogen (secondary N) is 3. The number of amides is 2. The summed E-state index contributed by atoms with van der Waals surface area (Å²) < 4.78 is 5.15. The number of pyridine rings is 2. The third-order valence-electron chi connectivity index (χ3n) is 3.20. The average molecular weight is 392 g/mol. The van der Waals surface area contributed by atoms with Crippen LogP contribution in [0.4, 0.5) is 22.0 Å². The highest BCUT2D eigenvalue weighted by Gasteiger charge is 2.21. The number of carbonyl (C=O) groups is 2. The minimum atomic E-state index is -0.804. The fourth-order valence-corrected chi connectivity index (χ4v) is 2.09. The van der Waals surface area contributed by atoms with Gasteiger partial charge in [0.15, 0.2) is 0 Å². The maximum absolute atomic E-state index is 12.4. The normalized spacial score (nSPS) is 12.0. The smallest absolute Gasteiger partial charge is 0.408 e. The number of rotatable bonds is 5. The second kappa shape index (κ2) is 8.68. The van der Waals surface area contributed by atoms with Crippen molar-refractivity contribution in [2.75, 3.05) is 10.6 Å². The zero-order chi connectivity index (χ0) is 20.0. The van der Waals surface area contributed by atoms with Crippen molar-refractivity contribution in [3.8, 4) is 0 Å². The second-order valence-electron chi connectivity index (χ2n) is 6.77. The van der Waals surface area contributed by atoms with E-state index in [9.17, 15) is 9.59 Å². The Hall–Kier alpha value is -2.87. The van der Waals surface area contributed by atoms with Crippen LogP contribution >= 0.6 is 11.6 Å². The third-order valence-corrected chi connectivity index (χ3v) is 3.42. The fourth-order valence-electron chi connectivity index (χ4n) is 1.98. The van der Waals surface area contributed by atoms with Gasteiger partial charge in [-0.1, -0.05) is 11.6 Å². The minimum Gasteiger partial charge on any atom is -0.444 e. The molecule has 2 heterocycles. The Morgan fingerprint density at radius 2 is 1.89 bits per heavy atom. The molecular formula is C18H22ClN5O3. The van der Waals surface area contributed by atoms with Crippen LogP contribution in [0.5, 0.6) is 0 Å². The lowest BCUT2D eigenvalue weighted by atomic mass is 10.2. The molecule has 2 aromatic heterocycles. The molecule has 8 nitrogen and oxygen atoms in total. The van der Waals surface area contributed by atoms with Crippen molar-refractivity contribution < 1.29 is 14.3 Å². The van der Waals surface area contributed by atoms with Gasteiger partial charge in [-0.25, -0.2) is 9.78 Å². The molecule has 0 aliphatic rings. The molecule has 9 heteroatoms. The zero-order valence-electron chi connectivity index (χ0n) is 15.5. The SMILES string of the molecule is CC(NC(=O)OC(C)(C)C)C(=O)Nc1cnccc1Nc1ccc(Cl)cn1. The first-order chi connectivity index (χ1) is 12.6. The summed E-state index contributed by atoms with van der Waals surface area (Å²) in [7, 11) is 0. The molecule has 0 radical (unpaired) electrons. The predicted molar refractivity (Wildman–Crippen MR) is 104 cm³/mol. The van der Waals surface area contributed by atoms with E-state index in [1.807, 2.05) is 0 Å². The van der Waals surface area contributed by atoms with Crippen molar-refractivity contribution >= 4 is 40.8 Å². The maximum atomic E-state index is 12.4. The van der Waals surface area contributed by atoms with Crippen molar-refractivity contribution in [2.45, 2.75) is 39.3 Å². The summed E-state index contributed by atoms with van der Waals surface area (Å²) in [4.78, 5) is 32.4. The maximum Gasteiger partial charge on any atom is 0.408 e. The van der Waals surface area contributed by atoms with E-state index in [0.29, 0.717) is 22.2 Å². The standard InChI is InChI=1S/C18H22ClN5O3/c1-11(22-17(26)27-18(2,3)4)16(25)24-14-10-20-8-7-13(14)23-15-6-5-12(19)9-21-15/h5-11H,1-4H3,(H,22,26)(H,24,25)(H,20,21,23). The van der Waals surface area contributed by atoms with Gasteiger partial charge in [-0.05, 0) is 45.9 Å². The van der Waals surface area contributed by atoms with Crippen molar-refractivity contribution in [3.05, 3.63) is 41.8 Å². The van der Waals surface area contributed by atoms with Gasteiger partial charge in [-0.2, -0.15) is 0 Å². The van der Waals surface area contributed by atoms with Gasteiger partial charge in [-0.3, -0.25) is 9.78 Å². The number of aromatic nitrogens is 2. The summed E-state index contributed by atoms with van der Waals surface area (Å²) in [5.41, 5.74) is 0.390. The van der Waals surface area contributed by atoms with Gasteiger partial charge >= 0.3 is 6.09 Å². The molecule has 0 aliphatic carbocycles. The quantitative estimate of drug-likeness (QED) is 0.717. The van der Waals surface area contributed by atoms with Crippen molar-refractivity contribution in [2.24, 2.45) is 0 Å². The molecule has 2 rings (SSSR count). The summed E-state index contributed by atoms with van der Waals surface area (Å²) in [5.74, 6) is 0.141. The van der Waals surface area contributed by atoms with Crippen LogP contribution in [0, 0.1) is 0 Å². The van der Waals surface area contributed by atoms with Crippen molar-refractivity contribution in [3.63, 3.8) is 0 Å². The molecule has 1 atom stereocenters. The van der Waals surface area contributed by atoms with Crippen LogP contribution in [-0.4, -0.2) is 33.6 Å². The van der Waals surface area contributed by atoms with E-state index < -0.39 is 23.6 Å². The van der Waals surface area contributed by atoms with E-state index in [1.165, 1.54) is 12.4 Å². The number of halogens is 1. The molecule has 0 saturated carbocycles. The van der Waals surface area contributed by atoms with Crippen LogP contribution in [0.15, 0.2) is 36.8 Å². The number of ether oxygens (including phenoxy) is 1. The Bertz CT molecular complexity index is 805. The molecule has 2 aromatic rings. The summed E-state index contributed by atoms with van der Waals surface area (Å²) in [5, 5.41) is 8.81. The Morgan fingerprint density at radius 3 is 2.52 bits per heavy atom. The largest absolute Gasteiger partial charge is 0.444 e. The minimum absolute atomic E-state index is 0.416. The molecule has 27 heavy (non-hydrogen) atoms. The van der Waals surface area contributed by atoms with E-state index in [1.54, 1.807) is 52.1 Å². The molecule has 3 N–H and O–H groups in total. The molecule has 0 fully saturated rings. The summed E-state index contributed by atoms with van der Waals surface area (Å²) in [6.07, 6.45) is 3.92. The molecular weight excluding hydrogens is 370 g/mol. The lowest BCUT2D eigenvalue weighted by Crippen LogP contribution is -2.44. The number of anilines is 3. The molecule has 0 aliphatic heterocycles.